The molecule has 1 aliphatic rings. The van der Waals surface area contributed by atoms with Gasteiger partial charge in [-0.3, -0.25) is 0 Å². The van der Waals surface area contributed by atoms with Crippen molar-refractivity contribution in [1.29, 1.82) is 0 Å². The lowest BCUT2D eigenvalue weighted by atomic mass is 9.82. The molecule has 0 unspecified atom stereocenters. The maximum atomic E-state index is 2.50. The van der Waals surface area contributed by atoms with Gasteiger partial charge in [0.05, 0.1) is 44.5 Å². The maximum absolute atomic E-state index is 2.50. The molecule has 282 valence electrons. The Morgan fingerprint density at radius 2 is 0.817 bits per heavy atom. The molecular weight excluding hydrogens is 727 g/mol. The molecule has 3 nitrogen and oxygen atoms in total. The summed E-state index contributed by atoms with van der Waals surface area (Å²) in [5.74, 6) is 0. The van der Waals surface area contributed by atoms with Gasteiger partial charge in [0, 0.05) is 49.0 Å². The molecule has 0 aliphatic heterocycles. The lowest BCUT2D eigenvalue weighted by Gasteiger charge is -2.21. The van der Waals surface area contributed by atoms with Crippen molar-refractivity contribution in [2.24, 2.45) is 0 Å². The molecular formula is C57H39N3. The molecule has 12 aromatic rings. The molecule has 0 atom stereocenters. The van der Waals surface area contributed by atoms with Crippen LogP contribution in [0.4, 0.5) is 0 Å². The molecule has 3 aromatic heterocycles. The molecule has 0 bridgehead atoms. The van der Waals surface area contributed by atoms with Crippen LogP contribution in [-0.2, 0) is 5.41 Å². The summed E-state index contributed by atoms with van der Waals surface area (Å²) in [7, 11) is 0. The maximum Gasteiger partial charge on any atom is 0.0562 e. The van der Waals surface area contributed by atoms with E-state index in [0.717, 1.165) is 5.69 Å². The number of rotatable bonds is 4. The number of hydrogen-bond acceptors (Lipinski definition) is 0. The first kappa shape index (κ1) is 33.4. The number of hydrogen-bond donors (Lipinski definition) is 0. The van der Waals surface area contributed by atoms with Crippen molar-refractivity contribution in [3.8, 4) is 39.3 Å². The SMILES string of the molecule is CC1(C)c2ccccc2-c2c(-n3c4ccccc4c4cc(-c5ccc6c(c5)c5ccccc5n6-c5cccc6c5c5ccccc5n6-c5ccccc5)ccc43)cccc21. The summed E-state index contributed by atoms with van der Waals surface area (Å²) in [5.41, 5.74) is 18.6. The highest BCUT2D eigenvalue weighted by atomic mass is 15.0. The molecule has 0 amide bonds. The fraction of sp³-hybridized carbons (Fsp3) is 0.0526. The van der Waals surface area contributed by atoms with Gasteiger partial charge in [-0.2, -0.15) is 0 Å². The van der Waals surface area contributed by atoms with Crippen molar-refractivity contribution in [2.45, 2.75) is 19.3 Å². The molecule has 0 saturated heterocycles. The van der Waals surface area contributed by atoms with E-state index in [1.54, 1.807) is 0 Å². The van der Waals surface area contributed by atoms with Crippen molar-refractivity contribution >= 4 is 65.4 Å². The fourth-order valence-electron chi connectivity index (χ4n) is 10.8. The second-order valence-electron chi connectivity index (χ2n) is 16.9. The zero-order valence-corrected chi connectivity index (χ0v) is 33.4. The second kappa shape index (κ2) is 12.2. The van der Waals surface area contributed by atoms with Crippen LogP contribution in [0, 0.1) is 0 Å². The van der Waals surface area contributed by atoms with E-state index < -0.39 is 0 Å². The van der Waals surface area contributed by atoms with Crippen LogP contribution in [0.25, 0.3) is 105 Å². The molecule has 0 fully saturated rings. The van der Waals surface area contributed by atoms with Gasteiger partial charge in [-0.25, -0.2) is 0 Å². The van der Waals surface area contributed by atoms with Crippen molar-refractivity contribution in [2.75, 3.05) is 0 Å². The Balaban J connectivity index is 1.01. The first-order valence-corrected chi connectivity index (χ1v) is 20.9. The number of para-hydroxylation sites is 4. The summed E-state index contributed by atoms with van der Waals surface area (Å²) in [4.78, 5) is 0. The summed E-state index contributed by atoms with van der Waals surface area (Å²) < 4.78 is 7.38. The van der Waals surface area contributed by atoms with Gasteiger partial charge in [-0.15, -0.1) is 0 Å². The van der Waals surface area contributed by atoms with Crippen LogP contribution in [0.5, 0.6) is 0 Å². The van der Waals surface area contributed by atoms with Gasteiger partial charge in [0.15, 0.2) is 0 Å². The van der Waals surface area contributed by atoms with E-state index in [1.807, 2.05) is 0 Å². The molecule has 0 N–H and O–H groups in total. The largest absolute Gasteiger partial charge is 0.309 e. The third-order valence-corrected chi connectivity index (χ3v) is 13.4. The highest BCUT2D eigenvalue weighted by Crippen LogP contribution is 2.52. The van der Waals surface area contributed by atoms with Crippen LogP contribution in [0.15, 0.2) is 200 Å². The predicted octanol–water partition coefficient (Wildman–Crippen LogP) is 15.0. The van der Waals surface area contributed by atoms with Gasteiger partial charge >= 0.3 is 0 Å². The zero-order chi connectivity index (χ0) is 39.7. The molecule has 0 saturated carbocycles. The van der Waals surface area contributed by atoms with Crippen molar-refractivity contribution in [1.82, 2.24) is 13.7 Å². The number of fused-ring (bicyclic) bond motifs is 12. The topological polar surface area (TPSA) is 14.8 Å². The minimum atomic E-state index is -0.0663. The number of benzene rings is 9. The fourth-order valence-corrected chi connectivity index (χ4v) is 10.8. The van der Waals surface area contributed by atoms with E-state index in [1.165, 1.54) is 110 Å². The molecule has 13 rings (SSSR count). The van der Waals surface area contributed by atoms with Crippen molar-refractivity contribution in [3.63, 3.8) is 0 Å². The van der Waals surface area contributed by atoms with Gasteiger partial charge in [0.2, 0.25) is 0 Å². The summed E-state index contributed by atoms with van der Waals surface area (Å²) in [6, 6.07) is 74.0. The minimum Gasteiger partial charge on any atom is -0.309 e. The lowest BCUT2D eigenvalue weighted by molar-refractivity contribution is 0.660. The van der Waals surface area contributed by atoms with Crippen LogP contribution in [0.1, 0.15) is 25.0 Å². The first-order valence-electron chi connectivity index (χ1n) is 20.9. The smallest absolute Gasteiger partial charge is 0.0562 e. The molecule has 0 spiro atoms. The number of aromatic nitrogens is 3. The minimum absolute atomic E-state index is 0.0663. The van der Waals surface area contributed by atoms with Crippen molar-refractivity contribution in [3.05, 3.63) is 211 Å². The third-order valence-electron chi connectivity index (χ3n) is 13.4. The Morgan fingerprint density at radius 3 is 1.50 bits per heavy atom. The van der Waals surface area contributed by atoms with Crippen LogP contribution < -0.4 is 0 Å². The Hall–Kier alpha value is -7.62. The van der Waals surface area contributed by atoms with Gasteiger partial charge in [-0.05, 0) is 101 Å². The average molecular weight is 766 g/mol. The summed E-state index contributed by atoms with van der Waals surface area (Å²) in [6.45, 7) is 4.72. The van der Waals surface area contributed by atoms with Crippen LogP contribution in [0.3, 0.4) is 0 Å². The van der Waals surface area contributed by atoms with Gasteiger partial charge in [-0.1, -0.05) is 141 Å². The molecule has 0 radical (unpaired) electrons. The van der Waals surface area contributed by atoms with Crippen LogP contribution in [0.2, 0.25) is 0 Å². The summed E-state index contributed by atoms with van der Waals surface area (Å²) in [5, 5.41) is 7.51. The normalized spacial score (nSPS) is 13.3. The van der Waals surface area contributed by atoms with Crippen LogP contribution >= 0.6 is 0 Å². The Morgan fingerprint density at radius 1 is 0.333 bits per heavy atom. The molecule has 60 heavy (non-hydrogen) atoms. The Bertz CT molecular complexity index is 3740. The standard InChI is InChI=1S/C57H39N3/c1-57(2)45-22-10-6-20-41(45)55-46(57)23-14-27-52(55)59-47-24-11-7-18-39(47)43-34-36(30-32-50(43)59)37-31-33-51-44(35-37)40-19-8-12-25-48(40)60(51)54-29-15-28-53-56(54)42-21-9-13-26-49(42)58(53)38-16-4-3-5-17-38/h3-35H,1-2H3. The summed E-state index contributed by atoms with van der Waals surface area (Å²) >= 11 is 0. The second-order valence-corrected chi connectivity index (χ2v) is 16.9. The van der Waals surface area contributed by atoms with E-state index in [4.69, 9.17) is 0 Å². The molecule has 9 aromatic carbocycles. The average Bonchev–Trinajstić information content (AvgIpc) is 4.00. The lowest BCUT2D eigenvalue weighted by Crippen LogP contribution is -2.14. The highest BCUT2D eigenvalue weighted by molar-refractivity contribution is 6.17. The van der Waals surface area contributed by atoms with Crippen LogP contribution in [-0.4, -0.2) is 13.7 Å². The van der Waals surface area contributed by atoms with Gasteiger partial charge in [0.1, 0.15) is 0 Å². The van der Waals surface area contributed by atoms with E-state index in [2.05, 4.69) is 228 Å². The highest BCUT2D eigenvalue weighted by Gasteiger charge is 2.37. The van der Waals surface area contributed by atoms with E-state index in [-0.39, 0.29) is 5.41 Å². The van der Waals surface area contributed by atoms with Gasteiger partial charge in [0.25, 0.3) is 0 Å². The Kier molecular flexibility index (Phi) is 6.78. The first-order chi connectivity index (χ1) is 29.6. The Labute approximate surface area is 347 Å². The quantitative estimate of drug-likeness (QED) is 0.169. The van der Waals surface area contributed by atoms with E-state index in [9.17, 15) is 0 Å². The van der Waals surface area contributed by atoms with Gasteiger partial charge < -0.3 is 13.7 Å². The molecule has 3 heteroatoms. The molecule has 3 heterocycles. The molecule has 1 aliphatic carbocycles. The third kappa shape index (κ3) is 4.44. The monoisotopic (exact) mass is 765 g/mol. The summed E-state index contributed by atoms with van der Waals surface area (Å²) in [6.07, 6.45) is 0. The zero-order valence-electron chi connectivity index (χ0n) is 33.4. The number of nitrogens with zero attached hydrogens (tertiary/aromatic N) is 3. The van der Waals surface area contributed by atoms with E-state index in [0.29, 0.717) is 0 Å². The van der Waals surface area contributed by atoms with Crippen molar-refractivity contribution < 1.29 is 0 Å². The van der Waals surface area contributed by atoms with E-state index >= 15 is 0 Å². The predicted molar refractivity (Wildman–Crippen MR) is 252 cm³/mol.